The molecule has 3 aromatic heterocycles. The molecule has 1 saturated heterocycles. The van der Waals surface area contributed by atoms with Crippen molar-refractivity contribution in [3.05, 3.63) is 39.1 Å². The van der Waals surface area contributed by atoms with E-state index in [0.717, 1.165) is 48.7 Å². The lowest BCUT2D eigenvalue weighted by atomic mass is 9.98. The van der Waals surface area contributed by atoms with Crippen molar-refractivity contribution in [2.24, 2.45) is 5.92 Å². The molecule has 1 amide bonds. The third kappa shape index (κ3) is 3.64. The summed E-state index contributed by atoms with van der Waals surface area (Å²) in [6.45, 7) is 4.28. The third-order valence-corrected chi connectivity index (χ3v) is 5.90. The molecule has 25 heavy (non-hydrogen) atoms. The van der Waals surface area contributed by atoms with Crippen LogP contribution in [0.25, 0.3) is 11.3 Å². The first-order chi connectivity index (χ1) is 12.2. The number of carbonyl (C=O) groups excluding carboxylic acids is 1. The minimum Gasteiger partial charge on any atom is -0.337 e. The van der Waals surface area contributed by atoms with Crippen LogP contribution in [0.2, 0.25) is 0 Å². The maximum atomic E-state index is 12.6. The number of nitrogens with zero attached hydrogens (tertiary/aromatic N) is 5. The predicted molar refractivity (Wildman–Crippen MR) is 98.8 cm³/mol. The van der Waals surface area contributed by atoms with Gasteiger partial charge in [-0.05, 0) is 37.1 Å². The van der Waals surface area contributed by atoms with Crippen molar-refractivity contribution in [3.8, 4) is 11.3 Å². The molecule has 1 atom stereocenters. The van der Waals surface area contributed by atoms with E-state index >= 15 is 0 Å². The van der Waals surface area contributed by atoms with E-state index in [1.165, 1.54) is 11.3 Å². The van der Waals surface area contributed by atoms with Gasteiger partial charge in [0.2, 0.25) is 0 Å². The van der Waals surface area contributed by atoms with E-state index in [0.29, 0.717) is 11.6 Å². The van der Waals surface area contributed by atoms with Crippen LogP contribution in [0.3, 0.4) is 0 Å². The van der Waals surface area contributed by atoms with Crippen molar-refractivity contribution in [2.75, 3.05) is 13.1 Å². The molecule has 0 saturated carbocycles. The van der Waals surface area contributed by atoms with Gasteiger partial charge >= 0.3 is 0 Å². The third-order valence-electron chi connectivity index (χ3n) is 4.45. The Morgan fingerprint density at radius 3 is 3.08 bits per heavy atom. The van der Waals surface area contributed by atoms with Crippen LogP contribution in [0, 0.1) is 12.8 Å². The summed E-state index contributed by atoms with van der Waals surface area (Å²) in [5.74, 6) is 0.445. The number of aromatic nitrogens is 4. The molecule has 3 aromatic rings. The van der Waals surface area contributed by atoms with Gasteiger partial charge in [-0.3, -0.25) is 9.48 Å². The zero-order valence-corrected chi connectivity index (χ0v) is 15.6. The summed E-state index contributed by atoms with van der Waals surface area (Å²) in [6, 6.07) is 2.05. The van der Waals surface area contributed by atoms with E-state index < -0.39 is 0 Å². The van der Waals surface area contributed by atoms with Crippen LogP contribution in [0.4, 0.5) is 0 Å². The Labute approximate surface area is 154 Å². The van der Waals surface area contributed by atoms with Gasteiger partial charge < -0.3 is 4.90 Å². The molecule has 6 nitrogen and oxygen atoms in total. The van der Waals surface area contributed by atoms with Gasteiger partial charge in [-0.1, -0.05) is 5.21 Å². The summed E-state index contributed by atoms with van der Waals surface area (Å²) in [5.41, 5.74) is 2.59. The normalized spacial score (nSPS) is 17.8. The lowest BCUT2D eigenvalue weighted by Crippen LogP contribution is -2.41. The van der Waals surface area contributed by atoms with E-state index in [9.17, 15) is 4.79 Å². The lowest BCUT2D eigenvalue weighted by Gasteiger charge is -2.32. The molecule has 0 aromatic carbocycles. The van der Waals surface area contributed by atoms with E-state index in [1.54, 1.807) is 11.3 Å². The molecule has 4 heterocycles. The summed E-state index contributed by atoms with van der Waals surface area (Å²) in [6.07, 6.45) is 4.12. The van der Waals surface area contributed by atoms with Crippen LogP contribution in [0.5, 0.6) is 0 Å². The highest BCUT2D eigenvalue weighted by Gasteiger charge is 2.26. The smallest absolute Gasteiger partial charge is 0.273 e. The topological polar surface area (TPSA) is 63.9 Å². The molecule has 8 heteroatoms. The summed E-state index contributed by atoms with van der Waals surface area (Å²) >= 11 is 3.18. The predicted octanol–water partition coefficient (Wildman–Crippen LogP) is 3.32. The maximum Gasteiger partial charge on any atom is 0.273 e. The van der Waals surface area contributed by atoms with Crippen LogP contribution in [0.1, 0.15) is 28.3 Å². The number of carbonyl (C=O) groups is 1. The molecule has 0 N–H and O–H groups in total. The van der Waals surface area contributed by atoms with Crippen LogP contribution in [-0.2, 0) is 6.54 Å². The number of likely N-dealkylation sites (tertiary alicyclic amines) is 1. The monoisotopic (exact) mass is 373 g/mol. The second-order valence-electron chi connectivity index (χ2n) is 6.35. The van der Waals surface area contributed by atoms with Gasteiger partial charge in [0.25, 0.3) is 5.91 Å². The molecule has 1 aliphatic rings. The van der Waals surface area contributed by atoms with Gasteiger partial charge in [0.1, 0.15) is 11.4 Å². The molecular weight excluding hydrogens is 354 g/mol. The molecule has 0 unspecified atom stereocenters. The first-order valence-electron chi connectivity index (χ1n) is 8.33. The van der Waals surface area contributed by atoms with Gasteiger partial charge in [0.05, 0.1) is 11.2 Å². The number of thiazole rings is 1. The molecule has 0 bridgehead atoms. The fraction of sp³-hybridized carbons (Fsp3) is 0.412. The molecule has 130 valence electrons. The number of hydrogen-bond donors (Lipinski definition) is 0. The minimum atomic E-state index is 0.0478. The van der Waals surface area contributed by atoms with E-state index in [4.69, 9.17) is 0 Å². The highest BCUT2D eigenvalue weighted by atomic mass is 32.1. The van der Waals surface area contributed by atoms with Gasteiger partial charge in [-0.2, -0.15) is 11.3 Å². The molecule has 1 aliphatic heterocycles. The van der Waals surface area contributed by atoms with Crippen LogP contribution in [-0.4, -0.2) is 43.9 Å². The Morgan fingerprint density at radius 1 is 1.40 bits per heavy atom. The zero-order chi connectivity index (χ0) is 17.2. The Morgan fingerprint density at radius 2 is 2.32 bits per heavy atom. The fourth-order valence-electron chi connectivity index (χ4n) is 3.22. The van der Waals surface area contributed by atoms with Crippen LogP contribution in [0.15, 0.2) is 28.4 Å². The lowest BCUT2D eigenvalue weighted by molar-refractivity contribution is 0.0654. The van der Waals surface area contributed by atoms with Crippen molar-refractivity contribution < 1.29 is 4.79 Å². The number of rotatable bonds is 4. The van der Waals surface area contributed by atoms with Gasteiger partial charge in [0, 0.05) is 36.0 Å². The summed E-state index contributed by atoms with van der Waals surface area (Å²) in [4.78, 5) is 18.9. The average molecular weight is 374 g/mol. The summed E-state index contributed by atoms with van der Waals surface area (Å²) in [5, 5.41) is 15.4. The van der Waals surface area contributed by atoms with Crippen molar-refractivity contribution >= 4 is 28.6 Å². The second kappa shape index (κ2) is 7.05. The van der Waals surface area contributed by atoms with E-state index in [2.05, 4.69) is 26.7 Å². The SMILES string of the molecule is Cc1nc(C(=O)N2CCC[C@@H](Cn3cc(-c4ccsc4)nn3)C2)cs1. The standard InChI is InChI=1S/C17H19N5OS2/c1-12-18-16(11-25-12)17(23)21-5-2-3-13(7-21)8-22-9-15(19-20-22)14-4-6-24-10-14/h4,6,9-11,13H,2-3,5,7-8H2,1H3/t13-/m1/s1. The van der Waals surface area contributed by atoms with E-state index in [1.807, 2.05) is 33.5 Å². The zero-order valence-electron chi connectivity index (χ0n) is 14.0. The molecule has 0 aliphatic carbocycles. The Bertz CT molecular complexity index is 854. The van der Waals surface area contributed by atoms with Crippen LogP contribution >= 0.6 is 22.7 Å². The molecule has 0 spiro atoms. The average Bonchev–Trinajstić information content (AvgIpc) is 3.35. The largest absolute Gasteiger partial charge is 0.337 e. The maximum absolute atomic E-state index is 12.6. The minimum absolute atomic E-state index is 0.0478. The molecule has 0 radical (unpaired) electrons. The Kier molecular flexibility index (Phi) is 4.63. The van der Waals surface area contributed by atoms with Crippen molar-refractivity contribution in [2.45, 2.75) is 26.3 Å². The number of amides is 1. The number of thiophene rings is 1. The van der Waals surface area contributed by atoms with Gasteiger partial charge in [-0.25, -0.2) is 4.98 Å². The first kappa shape index (κ1) is 16.4. The Hall–Kier alpha value is -2.06. The molecule has 1 fully saturated rings. The summed E-state index contributed by atoms with van der Waals surface area (Å²) in [7, 11) is 0. The van der Waals surface area contributed by atoms with Crippen LogP contribution < -0.4 is 0 Å². The fourth-order valence-corrected chi connectivity index (χ4v) is 4.45. The second-order valence-corrected chi connectivity index (χ2v) is 8.19. The summed E-state index contributed by atoms with van der Waals surface area (Å²) < 4.78 is 1.90. The highest BCUT2D eigenvalue weighted by molar-refractivity contribution is 7.09. The number of piperidine rings is 1. The van der Waals surface area contributed by atoms with E-state index in [-0.39, 0.29) is 5.91 Å². The highest BCUT2D eigenvalue weighted by Crippen LogP contribution is 2.23. The van der Waals surface area contributed by atoms with Crippen molar-refractivity contribution in [1.82, 2.24) is 24.9 Å². The Balaban J connectivity index is 1.41. The van der Waals surface area contributed by atoms with Crippen molar-refractivity contribution in [3.63, 3.8) is 0 Å². The number of hydrogen-bond acceptors (Lipinski definition) is 6. The first-order valence-corrected chi connectivity index (χ1v) is 10.2. The van der Waals surface area contributed by atoms with Gasteiger partial charge in [-0.15, -0.1) is 16.4 Å². The van der Waals surface area contributed by atoms with Crippen molar-refractivity contribution in [1.29, 1.82) is 0 Å². The van der Waals surface area contributed by atoms with Gasteiger partial charge in [0.15, 0.2) is 0 Å². The molecule has 4 rings (SSSR count). The number of aryl methyl sites for hydroxylation is 1. The quantitative estimate of drug-likeness (QED) is 0.704. The molecular formula is C17H19N5OS2.